The maximum absolute atomic E-state index is 11.7. The lowest BCUT2D eigenvalue weighted by Gasteiger charge is -2.58. The highest BCUT2D eigenvalue weighted by atomic mass is 16.3. The molecule has 6 saturated carbocycles. The van der Waals surface area contributed by atoms with E-state index in [0.717, 1.165) is 37.0 Å². The van der Waals surface area contributed by atoms with Crippen molar-refractivity contribution < 1.29 is 15.0 Å². The molecule has 6 aliphatic rings. The summed E-state index contributed by atoms with van der Waals surface area (Å²) in [6, 6.07) is 0. The number of Topliss-reactive ketones (excluding diaryl/α,β-unsaturated/α-hetero) is 1. The predicted molar refractivity (Wildman–Crippen MR) is 91.2 cm³/mol. The number of carbonyl (C=O) groups is 1. The molecule has 3 heteroatoms. The second-order valence-electron chi connectivity index (χ2n) is 10.2. The zero-order chi connectivity index (χ0) is 16.5. The molecule has 6 fully saturated rings. The van der Waals surface area contributed by atoms with Crippen LogP contribution in [0.3, 0.4) is 0 Å². The molecule has 6 rings (SSSR count). The molecular formula is C21H32O3. The average molecular weight is 332 g/mol. The molecule has 3 nitrogen and oxygen atoms in total. The molecule has 2 N–H and O–H groups in total. The highest BCUT2D eigenvalue weighted by Crippen LogP contribution is 2.62. The first-order chi connectivity index (χ1) is 11.5. The van der Waals surface area contributed by atoms with Crippen LogP contribution in [0.25, 0.3) is 0 Å². The molecule has 0 heterocycles. The normalized spacial score (nSPS) is 53.6. The van der Waals surface area contributed by atoms with Crippen molar-refractivity contribution >= 4 is 5.78 Å². The Bertz CT molecular complexity index is 492. The molecule has 0 aliphatic heterocycles. The Labute approximate surface area is 145 Å². The van der Waals surface area contributed by atoms with Crippen LogP contribution in [-0.2, 0) is 4.79 Å². The monoisotopic (exact) mass is 332 g/mol. The molecular weight excluding hydrogens is 300 g/mol. The number of hydrogen-bond donors (Lipinski definition) is 2. The van der Waals surface area contributed by atoms with Gasteiger partial charge in [-0.15, -0.1) is 0 Å². The van der Waals surface area contributed by atoms with E-state index in [1.54, 1.807) is 0 Å². The average Bonchev–Trinajstić information content (AvgIpc) is 2.98. The molecule has 0 aromatic rings. The van der Waals surface area contributed by atoms with Crippen molar-refractivity contribution in [3.63, 3.8) is 0 Å². The number of fused-ring (bicyclic) bond motifs is 1. The van der Waals surface area contributed by atoms with Crippen molar-refractivity contribution in [1.29, 1.82) is 0 Å². The van der Waals surface area contributed by atoms with Gasteiger partial charge in [0.2, 0.25) is 0 Å². The number of aliphatic hydroxyl groups is 2. The van der Waals surface area contributed by atoms with Gasteiger partial charge < -0.3 is 10.2 Å². The van der Waals surface area contributed by atoms with Gasteiger partial charge in [-0.3, -0.25) is 4.79 Å². The number of rotatable bonds is 4. The van der Waals surface area contributed by atoms with E-state index in [1.165, 1.54) is 38.5 Å². The Morgan fingerprint density at radius 3 is 2.25 bits per heavy atom. The van der Waals surface area contributed by atoms with Crippen LogP contribution in [0.2, 0.25) is 0 Å². The summed E-state index contributed by atoms with van der Waals surface area (Å²) >= 11 is 0. The largest absolute Gasteiger partial charge is 0.393 e. The number of carbonyl (C=O) groups excluding carboxylic acids is 1. The van der Waals surface area contributed by atoms with Gasteiger partial charge in [-0.1, -0.05) is 0 Å². The predicted octanol–water partition coefficient (Wildman–Crippen LogP) is 3.32. The van der Waals surface area contributed by atoms with Crippen LogP contribution in [0.15, 0.2) is 0 Å². The second kappa shape index (κ2) is 5.54. The van der Waals surface area contributed by atoms with E-state index in [4.69, 9.17) is 0 Å². The third kappa shape index (κ3) is 2.41. The van der Waals surface area contributed by atoms with Crippen LogP contribution in [-0.4, -0.2) is 28.2 Å². The molecule has 24 heavy (non-hydrogen) atoms. The summed E-state index contributed by atoms with van der Waals surface area (Å²) in [6.07, 6.45) is 11.5. The molecule has 0 radical (unpaired) electrons. The van der Waals surface area contributed by atoms with Crippen molar-refractivity contribution in [2.75, 3.05) is 0 Å². The van der Waals surface area contributed by atoms with Crippen molar-refractivity contribution in [3.8, 4) is 0 Å². The van der Waals surface area contributed by atoms with Crippen LogP contribution >= 0.6 is 0 Å². The first-order valence-electron chi connectivity index (χ1n) is 10.4. The van der Waals surface area contributed by atoms with Gasteiger partial charge >= 0.3 is 0 Å². The minimum atomic E-state index is -0.239. The van der Waals surface area contributed by atoms with E-state index < -0.39 is 0 Å². The van der Waals surface area contributed by atoms with Gasteiger partial charge in [0.05, 0.1) is 12.2 Å². The summed E-state index contributed by atoms with van der Waals surface area (Å²) in [5.74, 6) is 4.10. The smallest absolute Gasteiger partial charge is 0.133 e. The fourth-order valence-electron chi connectivity index (χ4n) is 8.13. The minimum Gasteiger partial charge on any atom is -0.393 e. The first-order valence-corrected chi connectivity index (χ1v) is 10.4. The Hall–Kier alpha value is -0.410. The highest BCUT2D eigenvalue weighted by Gasteiger charge is 2.54. The van der Waals surface area contributed by atoms with Gasteiger partial charge in [0.1, 0.15) is 5.78 Å². The number of aliphatic hydroxyl groups excluding tert-OH is 2. The van der Waals surface area contributed by atoms with Crippen LogP contribution in [0.4, 0.5) is 0 Å². The Kier molecular flexibility index (Phi) is 3.65. The van der Waals surface area contributed by atoms with Gasteiger partial charge in [0, 0.05) is 12.8 Å². The van der Waals surface area contributed by atoms with Gasteiger partial charge in [-0.2, -0.15) is 0 Å². The quantitative estimate of drug-likeness (QED) is 0.830. The summed E-state index contributed by atoms with van der Waals surface area (Å²) in [5.41, 5.74) is 0.198. The van der Waals surface area contributed by atoms with E-state index >= 15 is 0 Å². The van der Waals surface area contributed by atoms with Crippen molar-refractivity contribution in [2.24, 2.45) is 40.9 Å². The van der Waals surface area contributed by atoms with Crippen LogP contribution in [0.5, 0.6) is 0 Å². The van der Waals surface area contributed by atoms with E-state index in [-0.39, 0.29) is 23.5 Å². The van der Waals surface area contributed by atoms with Crippen molar-refractivity contribution in [2.45, 2.75) is 82.8 Å². The van der Waals surface area contributed by atoms with Crippen LogP contribution in [0, 0.1) is 40.9 Å². The SMILES string of the molecule is O=C1C[C@@H]2C[C@@H](O)[C@H](CCC(O)C34CC5CC(CC(C5)C3)C4)[C@@H]2C1. The summed E-state index contributed by atoms with van der Waals surface area (Å²) in [6.45, 7) is 0. The fourth-order valence-corrected chi connectivity index (χ4v) is 8.13. The lowest BCUT2D eigenvalue weighted by atomic mass is 9.48. The molecule has 4 bridgehead atoms. The van der Waals surface area contributed by atoms with Crippen LogP contribution in [0.1, 0.15) is 70.6 Å². The summed E-state index contributed by atoms with van der Waals surface area (Å²) in [4.78, 5) is 11.7. The summed E-state index contributed by atoms with van der Waals surface area (Å²) in [7, 11) is 0. The molecule has 1 unspecified atom stereocenters. The third-order valence-corrected chi connectivity index (χ3v) is 8.71. The maximum atomic E-state index is 11.7. The van der Waals surface area contributed by atoms with Crippen LogP contribution < -0.4 is 0 Å². The van der Waals surface area contributed by atoms with Crippen molar-refractivity contribution in [3.05, 3.63) is 0 Å². The zero-order valence-corrected chi connectivity index (χ0v) is 14.7. The minimum absolute atomic E-state index is 0.186. The fraction of sp³-hybridized carbons (Fsp3) is 0.952. The molecule has 0 aromatic heterocycles. The Balaban J connectivity index is 1.25. The van der Waals surface area contributed by atoms with E-state index in [2.05, 4.69) is 0 Å². The third-order valence-electron chi connectivity index (χ3n) is 8.71. The maximum Gasteiger partial charge on any atom is 0.133 e. The molecule has 5 atom stereocenters. The van der Waals surface area contributed by atoms with Crippen molar-refractivity contribution in [1.82, 2.24) is 0 Å². The molecule has 0 spiro atoms. The Morgan fingerprint density at radius 1 is 1.00 bits per heavy atom. The molecule has 0 amide bonds. The summed E-state index contributed by atoms with van der Waals surface area (Å²) in [5, 5.41) is 21.5. The topological polar surface area (TPSA) is 57.5 Å². The van der Waals surface area contributed by atoms with E-state index in [9.17, 15) is 15.0 Å². The van der Waals surface area contributed by atoms with Gasteiger partial charge in [0.15, 0.2) is 0 Å². The standard InChI is InChI=1S/C21H32O3/c22-16-6-15-7-19(23)17(18(15)8-16)1-2-20(24)21-9-12-3-13(10-21)5-14(4-12)11-21/h12-15,17-20,23-24H,1-11H2/t12?,13?,14?,15-,17-,18-,19-,20?,21?/m1/s1. The second-order valence-corrected chi connectivity index (χ2v) is 10.2. The lowest BCUT2D eigenvalue weighted by Crippen LogP contribution is -2.51. The highest BCUT2D eigenvalue weighted by molar-refractivity contribution is 5.81. The number of hydrogen-bond acceptors (Lipinski definition) is 3. The lowest BCUT2D eigenvalue weighted by molar-refractivity contribution is -0.124. The number of ketones is 1. The molecule has 6 aliphatic carbocycles. The van der Waals surface area contributed by atoms with Gasteiger partial charge in [-0.05, 0) is 98.7 Å². The Morgan fingerprint density at radius 2 is 1.62 bits per heavy atom. The van der Waals surface area contributed by atoms with Gasteiger partial charge in [0.25, 0.3) is 0 Å². The summed E-state index contributed by atoms with van der Waals surface area (Å²) < 4.78 is 0. The molecule has 0 saturated heterocycles. The van der Waals surface area contributed by atoms with E-state index in [0.29, 0.717) is 30.5 Å². The molecule has 134 valence electrons. The van der Waals surface area contributed by atoms with E-state index in [1.807, 2.05) is 0 Å². The molecule has 0 aromatic carbocycles. The van der Waals surface area contributed by atoms with Gasteiger partial charge in [-0.25, -0.2) is 0 Å². The first kappa shape index (κ1) is 15.8. The zero-order valence-electron chi connectivity index (χ0n) is 14.7.